The van der Waals surface area contributed by atoms with Crippen LogP contribution in [-0.4, -0.2) is 37.4 Å². The molecule has 0 aromatic rings. The molecule has 0 bridgehead atoms. The maximum atomic E-state index is 11.3. The van der Waals surface area contributed by atoms with Gasteiger partial charge in [0.1, 0.15) is 0 Å². The van der Waals surface area contributed by atoms with Crippen LogP contribution in [0.1, 0.15) is 86.0 Å². The van der Waals surface area contributed by atoms with Crippen LogP contribution < -0.4 is 10.6 Å². The Morgan fingerprint density at radius 3 is 2.17 bits per heavy atom. The molecule has 0 radical (unpaired) electrons. The highest BCUT2D eigenvalue weighted by Crippen LogP contribution is 2.88. The molecule has 0 saturated heterocycles. The Labute approximate surface area is 179 Å². The zero-order valence-electron chi connectivity index (χ0n) is 20.1. The average molecular weight is 403 g/mol. The molecule has 3 N–H and O–H groups in total. The number of hydrogen-bond acceptors (Lipinski definition) is 3. The Morgan fingerprint density at radius 2 is 1.52 bits per heavy atom. The first-order valence-electron chi connectivity index (χ1n) is 12.6. The van der Waals surface area contributed by atoms with Gasteiger partial charge in [0.25, 0.3) is 0 Å². The topological polar surface area (TPSA) is 44.3 Å². The zero-order valence-corrected chi connectivity index (χ0v) is 20.1. The van der Waals surface area contributed by atoms with Crippen molar-refractivity contribution in [1.29, 1.82) is 0 Å². The second-order valence-corrected chi connectivity index (χ2v) is 13.1. The smallest absolute Gasteiger partial charge is 0.0594 e. The Kier molecular flexibility index (Phi) is 4.31. The molecule has 10 atom stereocenters. The van der Waals surface area contributed by atoms with E-state index in [0.717, 1.165) is 18.3 Å². The van der Waals surface area contributed by atoms with Gasteiger partial charge in [-0.1, -0.05) is 27.7 Å². The molecular formula is C26H46N2O. The van der Waals surface area contributed by atoms with E-state index in [-0.39, 0.29) is 11.5 Å². The van der Waals surface area contributed by atoms with Gasteiger partial charge in [-0.05, 0) is 111 Å². The van der Waals surface area contributed by atoms with E-state index < -0.39 is 0 Å². The summed E-state index contributed by atoms with van der Waals surface area (Å²) in [6.07, 6.45) is 10.7. The van der Waals surface area contributed by atoms with Crippen molar-refractivity contribution in [3.8, 4) is 0 Å². The summed E-state index contributed by atoms with van der Waals surface area (Å²) in [5, 5.41) is 18.4. The largest absolute Gasteiger partial charge is 0.393 e. The molecule has 8 unspecified atom stereocenters. The molecule has 29 heavy (non-hydrogen) atoms. The monoisotopic (exact) mass is 402 g/mol. The summed E-state index contributed by atoms with van der Waals surface area (Å²) >= 11 is 0. The molecule has 5 saturated carbocycles. The molecule has 0 heterocycles. The minimum atomic E-state index is -0.147. The highest BCUT2D eigenvalue weighted by atomic mass is 16.3. The van der Waals surface area contributed by atoms with Gasteiger partial charge in [-0.25, -0.2) is 0 Å². The molecule has 2 spiro atoms. The zero-order chi connectivity index (χ0) is 21.0. The average Bonchev–Trinajstić information content (AvgIpc) is 3.26. The van der Waals surface area contributed by atoms with Crippen LogP contribution in [0.25, 0.3) is 0 Å². The molecule has 5 aliphatic rings. The van der Waals surface area contributed by atoms with E-state index in [2.05, 4.69) is 59.3 Å². The van der Waals surface area contributed by atoms with Crippen molar-refractivity contribution in [3.63, 3.8) is 0 Å². The van der Waals surface area contributed by atoms with Gasteiger partial charge < -0.3 is 15.7 Å². The summed E-state index contributed by atoms with van der Waals surface area (Å²) in [7, 11) is 4.25. The van der Waals surface area contributed by atoms with E-state index in [1.165, 1.54) is 44.9 Å². The Morgan fingerprint density at radius 1 is 0.862 bits per heavy atom. The fraction of sp³-hybridized carbons (Fsp3) is 1.00. The Hall–Kier alpha value is -0.120. The molecule has 3 heteroatoms. The summed E-state index contributed by atoms with van der Waals surface area (Å²) in [6, 6.07) is 1.06. The second-order valence-electron chi connectivity index (χ2n) is 13.1. The fourth-order valence-corrected chi connectivity index (χ4v) is 11.1. The lowest BCUT2D eigenvalue weighted by molar-refractivity contribution is -0.144. The number of nitrogens with one attached hydrogen (secondary N) is 2. The molecule has 0 aliphatic heterocycles. The summed E-state index contributed by atoms with van der Waals surface area (Å²) in [6.45, 7) is 12.6. The van der Waals surface area contributed by atoms with Gasteiger partial charge in [0.05, 0.1) is 6.10 Å². The molecule has 0 amide bonds. The van der Waals surface area contributed by atoms with Crippen molar-refractivity contribution in [2.24, 2.45) is 44.8 Å². The molecule has 0 aromatic carbocycles. The molecule has 3 nitrogen and oxygen atoms in total. The van der Waals surface area contributed by atoms with Crippen LogP contribution in [0.5, 0.6) is 0 Å². The van der Waals surface area contributed by atoms with Crippen molar-refractivity contribution in [3.05, 3.63) is 0 Å². The normalized spacial score (nSPS) is 58.6. The number of aliphatic hydroxyl groups is 1. The third-order valence-corrected chi connectivity index (χ3v) is 12.5. The van der Waals surface area contributed by atoms with Gasteiger partial charge in [0, 0.05) is 18.0 Å². The van der Waals surface area contributed by atoms with Gasteiger partial charge in [0.15, 0.2) is 0 Å². The number of fused-ring (bicyclic) bond motifs is 2. The molecule has 5 fully saturated rings. The second kappa shape index (κ2) is 6.01. The third kappa shape index (κ3) is 2.16. The highest BCUT2D eigenvalue weighted by Gasteiger charge is 2.82. The number of aliphatic hydroxyl groups excluding tert-OH is 1. The summed E-state index contributed by atoms with van der Waals surface area (Å²) in [5.74, 6) is 2.08. The lowest BCUT2D eigenvalue weighted by atomic mass is 9.42. The quantitative estimate of drug-likeness (QED) is 0.647. The minimum Gasteiger partial charge on any atom is -0.393 e. The van der Waals surface area contributed by atoms with Crippen molar-refractivity contribution >= 4 is 0 Å². The van der Waals surface area contributed by atoms with E-state index in [1.54, 1.807) is 0 Å². The SMILES string of the molecule is CNC(C)C1[C@H](O)C[C@@]2(C)C3CCC4C(C)(C)C(NC)CCC45CC35CCC12C. The van der Waals surface area contributed by atoms with Crippen molar-refractivity contribution in [2.75, 3.05) is 14.1 Å². The number of rotatable bonds is 3. The van der Waals surface area contributed by atoms with Gasteiger partial charge in [-0.2, -0.15) is 0 Å². The van der Waals surface area contributed by atoms with E-state index in [0.29, 0.717) is 39.7 Å². The van der Waals surface area contributed by atoms with Crippen molar-refractivity contribution in [1.82, 2.24) is 10.6 Å². The molecule has 166 valence electrons. The van der Waals surface area contributed by atoms with Crippen LogP contribution >= 0.6 is 0 Å². The maximum absolute atomic E-state index is 11.3. The number of hydrogen-bond donors (Lipinski definition) is 3. The Balaban J connectivity index is 1.52. The van der Waals surface area contributed by atoms with Gasteiger partial charge in [-0.3, -0.25) is 0 Å². The molecule has 5 aliphatic carbocycles. The van der Waals surface area contributed by atoms with Crippen molar-refractivity contribution < 1.29 is 5.11 Å². The van der Waals surface area contributed by atoms with E-state index >= 15 is 0 Å². The maximum Gasteiger partial charge on any atom is 0.0594 e. The van der Waals surface area contributed by atoms with Crippen LogP contribution in [-0.2, 0) is 0 Å². The third-order valence-electron chi connectivity index (χ3n) is 12.5. The van der Waals surface area contributed by atoms with Crippen LogP contribution in [0.2, 0.25) is 0 Å². The standard InChI is InChI=1S/C26H46N2O/c1-16(27-6)21-17(29)14-24(5)19-9-8-18-22(2,3)20(28-7)10-11-25(18)15-26(19,25)13-12-23(21,24)4/h16-21,27-29H,8-15H2,1-7H3/t16?,17-,18?,19?,20?,21?,23?,24+,25?,26?/m1/s1. The van der Waals surface area contributed by atoms with Crippen LogP contribution in [0.4, 0.5) is 0 Å². The molecule has 0 aromatic heterocycles. The first kappa shape index (κ1) is 20.8. The lowest BCUT2D eigenvalue weighted by Gasteiger charge is -2.63. The lowest BCUT2D eigenvalue weighted by Crippen LogP contribution is -2.59. The first-order valence-corrected chi connectivity index (χ1v) is 12.6. The van der Waals surface area contributed by atoms with E-state index in [4.69, 9.17) is 0 Å². The van der Waals surface area contributed by atoms with Crippen molar-refractivity contribution in [2.45, 2.75) is 104 Å². The predicted octanol–water partition coefficient (Wildman–Crippen LogP) is 4.59. The van der Waals surface area contributed by atoms with Gasteiger partial charge in [-0.15, -0.1) is 0 Å². The van der Waals surface area contributed by atoms with Gasteiger partial charge in [0.2, 0.25) is 0 Å². The summed E-state index contributed by atoms with van der Waals surface area (Å²) < 4.78 is 0. The van der Waals surface area contributed by atoms with Gasteiger partial charge >= 0.3 is 0 Å². The van der Waals surface area contributed by atoms with Crippen LogP contribution in [0.3, 0.4) is 0 Å². The Bertz CT molecular complexity index is 692. The summed E-state index contributed by atoms with van der Waals surface area (Å²) in [5.41, 5.74) is 2.14. The molecular weight excluding hydrogens is 356 g/mol. The minimum absolute atomic E-state index is 0.147. The van der Waals surface area contributed by atoms with E-state index in [9.17, 15) is 5.11 Å². The predicted molar refractivity (Wildman–Crippen MR) is 120 cm³/mol. The van der Waals surface area contributed by atoms with Crippen LogP contribution in [0, 0.1) is 44.8 Å². The van der Waals surface area contributed by atoms with Crippen LogP contribution in [0.15, 0.2) is 0 Å². The fourth-order valence-electron chi connectivity index (χ4n) is 11.1. The van der Waals surface area contributed by atoms with E-state index in [1.807, 2.05) is 0 Å². The highest BCUT2D eigenvalue weighted by molar-refractivity contribution is 5.31. The molecule has 5 rings (SSSR count). The first-order chi connectivity index (χ1) is 13.5. The summed E-state index contributed by atoms with van der Waals surface area (Å²) in [4.78, 5) is 0.